The van der Waals surface area contributed by atoms with E-state index in [-0.39, 0.29) is 30.6 Å². The third kappa shape index (κ3) is 6.26. The van der Waals surface area contributed by atoms with Crippen LogP contribution in [0.15, 0.2) is 40.9 Å². The van der Waals surface area contributed by atoms with Crippen molar-refractivity contribution in [3.05, 3.63) is 52.0 Å². The summed E-state index contributed by atoms with van der Waals surface area (Å²) in [5.74, 6) is -9.28. The zero-order chi connectivity index (χ0) is 34.7. The van der Waals surface area contributed by atoms with E-state index in [9.17, 15) is 49.8 Å². The van der Waals surface area contributed by atoms with Crippen molar-refractivity contribution in [2.75, 3.05) is 33.9 Å². The second-order valence-electron chi connectivity index (χ2n) is 12.0. The standard InChI is InChI=1S/C29H38N4O10.C2H6O/c1-28(42)13-7-6-9-17(34)18(13)22(35)19-14(28)11-15-21(33(2)3)23(36)20(25(38)29(15,43)24(19)37)26(39)32-12-31-16(27(40)41)8-4-5-10-30;1-2-3/h6-7,9,14-16,21,31,34,36-37,42-43H,4-5,8,10-12,30H2,1-3H3,(H,32,39)(H,40,41);3H,2H2,1H3/t14?,15-,16-,21-,28+,29-;/m0./s1. The molecule has 3 aliphatic rings. The zero-order valence-corrected chi connectivity index (χ0v) is 26.3. The van der Waals surface area contributed by atoms with Gasteiger partial charge in [-0.1, -0.05) is 18.6 Å². The van der Waals surface area contributed by atoms with Crippen LogP contribution in [0.3, 0.4) is 0 Å². The van der Waals surface area contributed by atoms with Crippen LogP contribution in [0, 0.1) is 11.8 Å². The molecule has 15 heteroatoms. The molecular weight excluding hydrogens is 604 g/mol. The zero-order valence-electron chi connectivity index (χ0n) is 26.3. The van der Waals surface area contributed by atoms with E-state index in [1.54, 1.807) is 6.92 Å². The number of aliphatic carboxylic acids is 1. The molecule has 0 fully saturated rings. The summed E-state index contributed by atoms with van der Waals surface area (Å²) in [4.78, 5) is 53.7. The van der Waals surface area contributed by atoms with E-state index < -0.39 is 93.6 Å². The topological polar surface area (TPSA) is 263 Å². The number of likely N-dealkylation sites (N-methyl/N-ethyl adjacent to an activating group) is 1. The average molecular weight is 649 g/mol. The number of nitrogens with one attached hydrogen (secondary N) is 2. The first-order valence-corrected chi connectivity index (χ1v) is 15.0. The number of carbonyl (C=O) groups is 4. The summed E-state index contributed by atoms with van der Waals surface area (Å²) in [5, 5.41) is 78.7. The first-order valence-electron chi connectivity index (χ1n) is 15.0. The molecule has 0 saturated heterocycles. The van der Waals surface area contributed by atoms with E-state index >= 15 is 0 Å². The third-order valence-corrected chi connectivity index (χ3v) is 8.85. The minimum Gasteiger partial charge on any atom is -0.510 e. The summed E-state index contributed by atoms with van der Waals surface area (Å²) >= 11 is 0. The number of aliphatic hydroxyl groups excluding tert-OH is 3. The summed E-state index contributed by atoms with van der Waals surface area (Å²) in [6.45, 7) is 3.29. The second-order valence-corrected chi connectivity index (χ2v) is 12.0. The molecule has 4 rings (SSSR count). The average Bonchev–Trinajstić information content (AvgIpc) is 2.97. The van der Waals surface area contributed by atoms with Gasteiger partial charge in [0.15, 0.2) is 11.4 Å². The molecule has 1 aromatic rings. The fraction of sp³-hybridized carbons (Fsp3) is 0.548. The van der Waals surface area contributed by atoms with Crippen molar-refractivity contribution in [1.82, 2.24) is 15.5 Å². The molecule has 0 spiro atoms. The minimum atomic E-state index is -2.85. The lowest BCUT2D eigenvalue weighted by atomic mass is 9.55. The number of carbonyl (C=O) groups excluding carboxylic acids is 3. The first-order chi connectivity index (χ1) is 21.5. The van der Waals surface area contributed by atoms with Gasteiger partial charge in [0, 0.05) is 24.0 Å². The van der Waals surface area contributed by atoms with E-state index in [0.29, 0.717) is 19.4 Å². The summed E-state index contributed by atoms with van der Waals surface area (Å²) < 4.78 is 0. The van der Waals surface area contributed by atoms with E-state index in [0.717, 1.165) is 0 Å². The summed E-state index contributed by atoms with van der Waals surface area (Å²) in [7, 11) is 3.03. The Morgan fingerprint density at radius 2 is 1.76 bits per heavy atom. The van der Waals surface area contributed by atoms with Gasteiger partial charge >= 0.3 is 5.97 Å². The Labute approximate surface area is 266 Å². The van der Waals surface area contributed by atoms with Gasteiger partial charge in [0.05, 0.1) is 23.9 Å². The van der Waals surface area contributed by atoms with Crippen LogP contribution in [-0.2, 0) is 20.0 Å². The number of carboxylic acid groups (broad SMARTS) is 1. The number of phenols is 1. The van der Waals surface area contributed by atoms with Gasteiger partial charge in [0.1, 0.15) is 28.9 Å². The van der Waals surface area contributed by atoms with Crippen LogP contribution in [0.4, 0.5) is 0 Å². The molecule has 1 unspecified atom stereocenters. The smallest absolute Gasteiger partial charge is 0.320 e. The normalized spacial score (nSPS) is 27.7. The maximum atomic E-state index is 13.9. The number of nitrogens with zero attached hydrogens (tertiary/aromatic N) is 1. The summed E-state index contributed by atoms with van der Waals surface area (Å²) in [5.41, 5.74) is -0.782. The monoisotopic (exact) mass is 648 g/mol. The number of fused-ring (bicyclic) bond motifs is 3. The van der Waals surface area contributed by atoms with Gasteiger partial charge in [0.2, 0.25) is 5.78 Å². The number of ketones is 2. The van der Waals surface area contributed by atoms with Crippen molar-refractivity contribution in [3.63, 3.8) is 0 Å². The van der Waals surface area contributed by atoms with Gasteiger partial charge in [-0.05, 0) is 65.4 Å². The van der Waals surface area contributed by atoms with Crippen LogP contribution in [-0.4, -0.2) is 116 Å². The number of hydrogen-bond donors (Lipinski definition) is 10. The lowest BCUT2D eigenvalue weighted by molar-refractivity contribution is -0.152. The quantitative estimate of drug-likeness (QED) is 0.0875. The van der Waals surface area contributed by atoms with Gasteiger partial charge in [0.25, 0.3) is 5.91 Å². The molecule has 254 valence electrons. The Bertz CT molecular complexity index is 1440. The van der Waals surface area contributed by atoms with Gasteiger partial charge in [-0.15, -0.1) is 0 Å². The maximum absolute atomic E-state index is 13.9. The number of Topliss-reactive ketones (excluding diaryl/α,β-unsaturated/α-hetero) is 2. The molecule has 1 amide bonds. The van der Waals surface area contributed by atoms with Gasteiger partial charge in [-0.3, -0.25) is 29.4 Å². The van der Waals surface area contributed by atoms with Crippen LogP contribution in [0.25, 0.3) is 0 Å². The van der Waals surface area contributed by atoms with Crippen molar-refractivity contribution in [3.8, 4) is 5.75 Å². The molecule has 46 heavy (non-hydrogen) atoms. The highest BCUT2D eigenvalue weighted by Gasteiger charge is 2.65. The number of benzene rings is 1. The lowest BCUT2D eigenvalue weighted by Crippen LogP contribution is -2.65. The number of hydrogen-bond acceptors (Lipinski definition) is 13. The molecular formula is C31H44N4O11. The summed E-state index contributed by atoms with van der Waals surface area (Å²) in [6.07, 6.45) is 1.07. The number of carboxylic acids is 1. The van der Waals surface area contributed by atoms with Crippen LogP contribution in [0.1, 0.15) is 55.5 Å². The molecule has 0 aromatic heterocycles. The number of unbranched alkanes of at least 4 members (excludes halogenated alkanes) is 1. The first kappa shape index (κ1) is 36.6. The maximum Gasteiger partial charge on any atom is 0.320 e. The SMILES string of the molecule is CCO.CN(C)[C@@H]1C(O)=C(C(=O)NCN[C@@H](CCCCN)C(=O)O)C(=O)[C@@]2(O)C(O)=C3C(=O)c4c(O)cccc4[C@@](C)(O)C3C[C@@H]12. The van der Waals surface area contributed by atoms with Crippen LogP contribution < -0.4 is 16.4 Å². The summed E-state index contributed by atoms with van der Waals surface area (Å²) in [6, 6.07) is 1.87. The number of aromatic hydroxyl groups is 1. The largest absolute Gasteiger partial charge is 0.510 e. The Balaban J connectivity index is 0.00000185. The van der Waals surface area contributed by atoms with Crippen molar-refractivity contribution in [2.24, 2.45) is 17.6 Å². The minimum absolute atomic E-state index is 0.100. The molecule has 1 aromatic carbocycles. The van der Waals surface area contributed by atoms with Gasteiger partial charge < -0.3 is 46.8 Å². The van der Waals surface area contributed by atoms with Crippen molar-refractivity contribution in [2.45, 2.75) is 62.8 Å². The van der Waals surface area contributed by atoms with Crippen LogP contribution in [0.2, 0.25) is 0 Å². The van der Waals surface area contributed by atoms with Crippen LogP contribution in [0.5, 0.6) is 5.75 Å². The Kier molecular flexibility index (Phi) is 11.4. The van der Waals surface area contributed by atoms with E-state index in [4.69, 9.17) is 10.8 Å². The van der Waals surface area contributed by atoms with Crippen molar-refractivity contribution in [1.29, 1.82) is 0 Å². The molecule has 0 heterocycles. The van der Waals surface area contributed by atoms with Crippen LogP contribution >= 0.6 is 0 Å². The molecule has 3 aliphatic carbocycles. The fourth-order valence-corrected chi connectivity index (χ4v) is 6.64. The number of aliphatic hydroxyl groups is 5. The number of amides is 1. The predicted molar refractivity (Wildman–Crippen MR) is 164 cm³/mol. The molecule has 0 saturated carbocycles. The molecule has 11 N–H and O–H groups in total. The number of rotatable bonds is 10. The number of nitrogens with two attached hydrogens (primary N) is 1. The van der Waals surface area contributed by atoms with E-state index in [2.05, 4.69) is 10.6 Å². The highest BCUT2D eigenvalue weighted by atomic mass is 16.4. The van der Waals surface area contributed by atoms with Crippen molar-refractivity contribution < 1.29 is 54.9 Å². The molecule has 0 aliphatic heterocycles. The molecule has 0 radical (unpaired) electrons. The van der Waals surface area contributed by atoms with Gasteiger partial charge in [-0.2, -0.15) is 0 Å². The molecule has 6 atom stereocenters. The Morgan fingerprint density at radius 3 is 2.33 bits per heavy atom. The molecule has 15 nitrogen and oxygen atoms in total. The van der Waals surface area contributed by atoms with Crippen molar-refractivity contribution >= 4 is 23.4 Å². The number of phenolic OH excluding ortho intramolecular Hbond substituents is 1. The highest BCUT2D eigenvalue weighted by molar-refractivity contribution is 6.25. The van der Waals surface area contributed by atoms with Gasteiger partial charge in [-0.25, -0.2) is 0 Å². The second kappa shape index (κ2) is 14.3. The lowest BCUT2D eigenvalue weighted by Gasteiger charge is -2.52. The Hall–Kier alpha value is -3.86. The van der Waals surface area contributed by atoms with E-state index in [1.165, 1.54) is 44.1 Å². The molecule has 0 bridgehead atoms. The van der Waals surface area contributed by atoms with E-state index in [1.807, 2.05) is 0 Å². The third-order valence-electron chi connectivity index (χ3n) is 8.85. The predicted octanol–water partition coefficient (Wildman–Crippen LogP) is -0.456. The Morgan fingerprint density at radius 1 is 1.13 bits per heavy atom. The fourth-order valence-electron chi connectivity index (χ4n) is 6.64. The highest BCUT2D eigenvalue weighted by Crippen LogP contribution is 2.56.